The molecule has 0 fully saturated rings. The number of carbonyl (C=O) groups is 1. The van der Waals surface area contributed by atoms with Crippen molar-refractivity contribution in [2.24, 2.45) is 0 Å². The summed E-state index contributed by atoms with van der Waals surface area (Å²) in [5.74, 6) is 0.00117. The lowest BCUT2D eigenvalue weighted by Crippen LogP contribution is -2.31. The van der Waals surface area contributed by atoms with Crippen molar-refractivity contribution in [3.63, 3.8) is 0 Å². The summed E-state index contributed by atoms with van der Waals surface area (Å²) in [6, 6.07) is 14.1. The highest BCUT2D eigenvalue weighted by Gasteiger charge is 2.13. The second kappa shape index (κ2) is 8.42. The molecule has 3 nitrogen and oxygen atoms in total. The molecule has 0 N–H and O–H groups in total. The molecule has 0 unspecified atom stereocenters. The molecule has 112 valence electrons. The molecule has 4 heteroatoms. The Morgan fingerprint density at radius 2 is 1.67 bits per heavy atom. The molecule has 0 saturated heterocycles. The van der Waals surface area contributed by atoms with E-state index in [4.69, 9.17) is 0 Å². The zero-order valence-corrected chi connectivity index (χ0v) is 13.3. The molecule has 1 aromatic heterocycles. The van der Waals surface area contributed by atoms with E-state index in [-0.39, 0.29) is 18.3 Å². The highest BCUT2D eigenvalue weighted by molar-refractivity contribution is 5.92. The fraction of sp³-hybridized carbons (Fsp3) is 0.294. The smallest absolute Gasteiger partial charge is 0.272 e. The van der Waals surface area contributed by atoms with Gasteiger partial charge in [0.1, 0.15) is 5.69 Å². The maximum Gasteiger partial charge on any atom is 0.272 e. The van der Waals surface area contributed by atoms with Crippen molar-refractivity contribution < 1.29 is 4.79 Å². The highest BCUT2D eigenvalue weighted by atomic mass is 35.5. The van der Waals surface area contributed by atoms with Gasteiger partial charge in [0, 0.05) is 19.3 Å². The molecule has 0 saturated carbocycles. The van der Waals surface area contributed by atoms with Gasteiger partial charge in [-0.3, -0.25) is 9.78 Å². The van der Waals surface area contributed by atoms with Gasteiger partial charge in [-0.2, -0.15) is 0 Å². The minimum atomic E-state index is 0. The molecule has 0 aliphatic rings. The van der Waals surface area contributed by atoms with E-state index < -0.39 is 0 Å². The Bertz CT molecular complexity index is 551. The zero-order chi connectivity index (χ0) is 14.4. The number of amides is 1. The second-order valence-corrected chi connectivity index (χ2v) is 4.69. The van der Waals surface area contributed by atoms with Gasteiger partial charge in [-0.25, -0.2) is 0 Å². The van der Waals surface area contributed by atoms with Gasteiger partial charge >= 0.3 is 0 Å². The van der Waals surface area contributed by atoms with Gasteiger partial charge in [0.05, 0.1) is 0 Å². The quantitative estimate of drug-likeness (QED) is 0.846. The topological polar surface area (TPSA) is 33.2 Å². The van der Waals surface area contributed by atoms with Crippen LogP contribution < -0.4 is 0 Å². The van der Waals surface area contributed by atoms with Gasteiger partial charge in [-0.15, -0.1) is 12.4 Å². The molecule has 2 aromatic rings. The van der Waals surface area contributed by atoms with Crippen LogP contribution in [0.2, 0.25) is 0 Å². The van der Waals surface area contributed by atoms with Crippen LogP contribution >= 0.6 is 12.4 Å². The number of halogens is 1. The van der Waals surface area contributed by atoms with E-state index in [2.05, 4.69) is 17.1 Å². The van der Waals surface area contributed by atoms with Crippen molar-refractivity contribution in [2.75, 3.05) is 13.1 Å². The number of nitrogens with zero attached hydrogens (tertiary/aromatic N) is 2. The monoisotopic (exact) mass is 304 g/mol. The third-order valence-electron chi connectivity index (χ3n) is 3.35. The van der Waals surface area contributed by atoms with Crippen LogP contribution in [0.4, 0.5) is 0 Å². The number of aromatic nitrogens is 1. The molecular weight excluding hydrogens is 284 g/mol. The normalized spacial score (nSPS) is 9.81. The van der Waals surface area contributed by atoms with E-state index in [1.54, 1.807) is 11.1 Å². The number of hydrogen-bond acceptors (Lipinski definition) is 2. The van der Waals surface area contributed by atoms with Gasteiger partial charge in [-0.1, -0.05) is 36.4 Å². The minimum Gasteiger partial charge on any atom is -0.338 e. The van der Waals surface area contributed by atoms with Crippen LogP contribution in [0.3, 0.4) is 0 Å². The molecule has 1 heterocycles. The summed E-state index contributed by atoms with van der Waals surface area (Å²) in [6.07, 6.45) is 2.64. The summed E-state index contributed by atoms with van der Waals surface area (Å²) in [5, 5.41) is 0. The first-order valence-electron chi connectivity index (χ1n) is 7.02. The molecule has 0 aliphatic heterocycles. The predicted molar refractivity (Wildman–Crippen MR) is 88.0 cm³/mol. The lowest BCUT2D eigenvalue weighted by Gasteiger charge is -2.17. The summed E-state index contributed by atoms with van der Waals surface area (Å²) in [7, 11) is 0. The highest BCUT2D eigenvalue weighted by Crippen LogP contribution is 2.10. The Hall–Kier alpha value is -1.87. The van der Waals surface area contributed by atoms with Crippen LogP contribution in [0.1, 0.15) is 35.5 Å². The van der Waals surface area contributed by atoms with Crippen LogP contribution in [0.25, 0.3) is 0 Å². The Balaban J connectivity index is 0.00000220. The van der Waals surface area contributed by atoms with E-state index in [1.165, 1.54) is 5.56 Å². The minimum absolute atomic E-state index is 0. The van der Waals surface area contributed by atoms with Gasteiger partial charge < -0.3 is 4.90 Å². The fourth-order valence-corrected chi connectivity index (χ4v) is 2.16. The first-order valence-corrected chi connectivity index (χ1v) is 7.02. The van der Waals surface area contributed by atoms with Crippen molar-refractivity contribution in [2.45, 2.75) is 20.3 Å². The molecule has 1 aromatic carbocycles. The van der Waals surface area contributed by atoms with E-state index >= 15 is 0 Å². The van der Waals surface area contributed by atoms with Gasteiger partial charge in [0.2, 0.25) is 0 Å². The van der Waals surface area contributed by atoms with E-state index in [9.17, 15) is 4.79 Å². The lowest BCUT2D eigenvalue weighted by atomic mass is 10.1. The molecule has 0 bridgehead atoms. The van der Waals surface area contributed by atoms with E-state index in [0.717, 1.165) is 12.0 Å². The summed E-state index contributed by atoms with van der Waals surface area (Å²) in [6.45, 7) is 5.38. The maximum absolute atomic E-state index is 12.1. The largest absolute Gasteiger partial charge is 0.338 e. The fourth-order valence-electron chi connectivity index (χ4n) is 2.16. The Morgan fingerprint density at radius 1 is 1.00 bits per heavy atom. The first kappa shape index (κ1) is 17.2. The predicted octanol–water partition coefficient (Wildman–Crippen LogP) is 3.58. The second-order valence-electron chi connectivity index (χ2n) is 4.69. The molecule has 0 atom stereocenters. The summed E-state index contributed by atoms with van der Waals surface area (Å²) in [4.78, 5) is 18.2. The van der Waals surface area contributed by atoms with Crippen LogP contribution in [0, 0.1) is 0 Å². The number of hydrogen-bond donors (Lipinski definition) is 0. The third kappa shape index (κ3) is 4.57. The molecule has 0 radical (unpaired) electrons. The third-order valence-corrected chi connectivity index (χ3v) is 3.35. The standard InChI is InChI=1S/C17H20N2O.ClH/c1-3-19(4-2)17(20)16-11-10-15(13-18-16)12-14-8-6-5-7-9-14;/h5-11,13H,3-4,12H2,1-2H3;1H. The van der Waals surface area contributed by atoms with Crippen molar-refractivity contribution in [3.8, 4) is 0 Å². The molecule has 21 heavy (non-hydrogen) atoms. The Labute approximate surface area is 132 Å². The van der Waals surface area contributed by atoms with Crippen LogP contribution in [-0.4, -0.2) is 28.9 Å². The Kier molecular flexibility index (Phi) is 6.89. The molecular formula is C17H21ClN2O. The van der Waals surface area contributed by atoms with Crippen LogP contribution in [0.5, 0.6) is 0 Å². The van der Waals surface area contributed by atoms with E-state index in [1.807, 2.05) is 44.2 Å². The summed E-state index contributed by atoms with van der Waals surface area (Å²) in [5.41, 5.74) is 2.88. The maximum atomic E-state index is 12.1. The Morgan fingerprint density at radius 3 is 2.19 bits per heavy atom. The number of pyridine rings is 1. The molecule has 2 rings (SSSR count). The van der Waals surface area contributed by atoms with E-state index in [0.29, 0.717) is 18.8 Å². The average molecular weight is 305 g/mol. The number of benzene rings is 1. The SMILES string of the molecule is CCN(CC)C(=O)c1ccc(Cc2ccccc2)cn1.Cl. The molecule has 1 amide bonds. The summed E-state index contributed by atoms with van der Waals surface area (Å²) >= 11 is 0. The van der Waals surface area contributed by atoms with Crippen LogP contribution in [0.15, 0.2) is 48.7 Å². The van der Waals surface area contributed by atoms with Crippen molar-refractivity contribution in [3.05, 3.63) is 65.5 Å². The average Bonchev–Trinajstić information content (AvgIpc) is 2.50. The number of carbonyl (C=O) groups excluding carboxylic acids is 1. The number of rotatable bonds is 5. The van der Waals surface area contributed by atoms with Crippen molar-refractivity contribution in [1.82, 2.24) is 9.88 Å². The van der Waals surface area contributed by atoms with Crippen molar-refractivity contribution in [1.29, 1.82) is 0 Å². The van der Waals surface area contributed by atoms with Crippen molar-refractivity contribution >= 4 is 18.3 Å². The van der Waals surface area contributed by atoms with Crippen LogP contribution in [-0.2, 0) is 6.42 Å². The van der Waals surface area contributed by atoms with Gasteiger partial charge in [0.15, 0.2) is 0 Å². The zero-order valence-electron chi connectivity index (χ0n) is 12.5. The summed E-state index contributed by atoms with van der Waals surface area (Å²) < 4.78 is 0. The lowest BCUT2D eigenvalue weighted by molar-refractivity contribution is 0.0767. The molecule has 0 spiro atoms. The van der Waals surface area contributed by atoms with Gasteiger partial charge in [-0.05, 0) is 37.5 Å². The van der Waals surface area contributed by atoms with Gasteiger partial charge in [0.25, 0.3) is 5.91 Å². The first-order chi connectivity index (χ1) is 9.74. The molecule has 0 aliphatic carbocycles.